The van der Waals surface area contributed by atoms with Crippen molar-refractivity contribution in [3.05, 3.63) is 24.3 Å². The largest absolute Gasteiger partial charge is 0.391 e. The van der Waals surface area contributed by atoms with Crippen LogP contribution in [0.25, 0.3) is 0 Å². The Balaban J connectivity index is 2.55. The van der Waals surface area contributed by atoms with Crippen LogP contribution in [0.2, 0.25) is 0 Å². The predicted octanol–water partition coefficient (Wildman–Crippen LogP) is 6.07. The van der Waals surface area contributed by atoms with Gasteiger partial charge in [-0.15, -0.1) is 0 Å². The molecule has 1 amide bonds. The van der Waals surface area contributed by atoms with Crippen LogP contribution in [-0.2, 0) is 19.0 Å². The first-order valence-electron chi connectivity index (χ1n) is 20.3. The van der Waals surface area contributed by atoms with Crippen molar-refractivity contribution >= 4 is 5.91 Å². The van der Waals surface area contributed by atoms with Crippen molar-refractivity contribution in [2.45, 2.75) is 211 Å². The van der Waals surface area contributed by atoms with E-state index in [0.717, 1.165) is 57.8 Å². The molecule has 0 unspecified atom stereocenters. The Kier molecular flexibility index (Phi) is 29.9. The Labute approximate surface area is 308 Å². The van der Waals surface area contributed by atoms with Crippen molar-refractivity contribution in [3.63, 3.8) is 0 Å². The molecule has 51 heavy (non-hydrogen) atoms. The summed E-state index contributed by atoms with van der Waals surface area (Å²) in [7, 11) is 0. The Bertz CT molecular complexity index is 874. The minimum Gasteiger partial charge on any atom is -0.391 e. The first-order valence-corrected chi connectivity index (χ1v) is 20.3. The summed E-state index contributed by atoms with van der Waals surface area (Å²) < 4.78 is 15.9. The highest BCUT2D eigenvalue weighted by atomic mass is 16.8. The van der Waals surface area contributed by atoms with Crippen LogP contribution in [0.5, 0.6) is 0 Å². The lowest BCUT2D eigenvalue weighted by Crippen LogP contribution is -2.60. The molecule has 0 aromatic heterocycles. The maximum absolute atomic E-state index is 13.0. The second kappa shape index (κ2) is 32.1. The number of amides is 1. The van der Waals surface area contributed by atoms with E-state index in [2.05, 4.69) is 31.3 Å². The molecule has 1 saturated heterocycles. The molecule has 1 rings (SSSR count). The average molecular weight is 730 g/mol. The van der Waals surface area contributed by atoms with Gasteiger partial charge in [0.25, 0.3) is 0 Å². The number of unbranched alkanes of at least 4 members (excludes halogenated alkanes) is 18. The van der Waals surface area contributed by atoms with Gasteiger partial charge in [0, 0.05) is 0 Å². The second-order valence-corrected chi connectivity index (χ2v) is 14.2. The summed E-state index contributed by atoms with van der Waals surface area (Å²) in [5, 5.41) is 64.1. The fourth-order valence-corrected chi connectivity index (χ4v) is 6.17. The van der Waals surface area contributed by atoms with E-state index in [-0.39, 0.29) is 13.0 Å². The Morgan fingerprint density at radius 3 is 1.65 bits per heavy atom. The fourth-order valence-electron chi connectivity index (χ4n) is 6.17. The summed E-state index contributed by atoms with van der Waals surface area (Å²) in [6.07, 6.45) is 23.1. The first-order chi connectivity index (χ1) is 24.8. The van der Waals surface area contributed by atoms with Crippen LogP contribution in [0.15, 0.2) is 24.3 Å². The molecule has 7 N–H and O–H groups in total. The quantitative estimate of drug-likeness (QED) is 0.0239. The SMILES string of the molecule is CCCCC/C=C/CCCCC/C=C/C[C@@H](O)[C@@H](CO[C@@H]1O[C@H](OCO)[C@@H](O)[C@H](O)[C@H]1O)NC(=O)[C@H](O)CCCCCCCCCCCCCC. The van der Waals surface area contributed by atoms with Crippen LogP contribution in [0, 0.1) is 0 Å². The normalized spacial score (nSPS) is 22.9. The zero-order chi connectivity index (χ0) is 37.5. The van der Waals surface area contributed by atoms with Crippen LogP contribution in [-0.4, -0.2) is 99.1 Å². The lowest BCUT2D eigenvalue weighted by Gasteiger charge is -2.40. The molecular weight excluding hydrogens is 654 g/mol. The number of ether oxygens (including phenoxy) is 3. The van der Waals surface area contributed by atoms with Crippen molar-refractivity contribution in [3.8, 4) is 0 Å². The maximum atomic E-state index is 13.0. The highest BCUT2D eigenvalue weighted by Gasteiger charge is 2.45. The molecule has 0 spiro atoms. The molecule has 1 heterocycles. The van der Waals surface area contributed by atoms with E-state index >= 15 is 0 Å². The standard InChI is InChI=1S/C40H75NO10/c1-3-5-7-9-11-13-15-17-19-20-22-24-26-28-33(43)32(30-49-39-36(46)35(45)37(47)40(51-39)50-31-42)41-38(48)34(44)29-27-25-23-21-18-16-14-12-10-8-6-4-2/h11,13,24,26,32-37,39-40,42-47H,3-10,12,14-23,25,27-31H2,1-2H3,(H,41,48)/b13-11+,26-24+/t32-,33-,34-,35-,36-,37+,39-,40+/m1/s1. The second-order valence-electron chi connectivity index (χ2n) is 14.2. The minimum absolute atomic E-state index is 0.218. The van der Waals surface area contributed by atoms with Gasteiger partial charge in [0.05, 0.1) is 18.8 Å². The van der Waals surface area contributed by atoms with E-state index in [1.165, 1.54) is 70.6 Å². The molecule has 1 fully saturated rings. The third-order valence-corrected chi connectivity index (χ3v) is 9.56. The summed E-state index contributed by atoms with van der Waals surface area (Å²) in [5.41, 5.74) is 0. The van der Waals surface area contributed by atoms with Gasteiger partial charge in [-0.3, -0.25) is 4.79 Å². The summed E-state index contributed by atoms with van der Waals surface area (Å²) in [5.74, 6) is -0.629. The van der Waals surface area contributed by atoms with Crippen molar-refractivity contribution in [2.24, 2.45) is 0 Å². The minimum atomic E-state index is -1.68. The highest BCUT2D eigenvalue weighted by molar-refractivity contribution is 5.80. The summed E-state index contributed by atoms with van der Waals surface area (Å²) >= 11 is 0. The Hall–Kier alpha value is -1.41. The molecule has 1 aliphatic rings. The smallest absolute Gasteiger partial charge is 0.249 e. The van der Waals surface area contributed by atoms with E-state index in [9.17, 15) is 30.3 Å². The van der Waals surface area contributed by atoms with Gasteiger partial charge in [-0.25, -0.2) is 0 Å². The molecule has 11 nitrogen and oxygen atoms in total. The van der Waals surface area contributed by atoms with E-state index < -0.39 is 61.8 Å². The van der Waals surface area contributed by atoms with E-state index in [1.807, 2.05) is 12.2 Å². The molecule has 1 aliphatic heterocycles. The van der Waals surface area contributed by atoms with Crippen molar-refractivity contribution in [1.29, 1.82) is 0 Å². The molecule has 0 aromatic rings. The third kappa shape index (κ3) is 23.1. The van der Waals surface area contributed by atoms with E-state index in [0.29, 0.717) is 12.8 Å². The monoisotopic (exact) mass is 730 g/mol. The van der Waals surface area contributed by atoms with Crippen LogP contribution in [0.1, 0.15) is 162 Å². The van der Waals surface area contributed by atoms with Crippen molar-refractivity contribution < 1.29 is 49.6 Å². The zero-order valence-electron chi connectivity index (χ0n) is 31.9. The lowest BCUT2D eigenvalue weighted by molar-refractivity contribution is -0.358. The van der Waals surface area contributed by atoms with Gasteiger partial charge in [-0.1, -0.05) is 134 Å². The third-order valence-electron chi connectivity index (χ3n) is 9.56. The van der Waals surface area contributed by atoms with Gasteiger partial charge in [0.15, 0.2) is 12.6 Å². The summed E-state index contributed by atoms with van der Waals surface area (Å²) in [6.45, 7) is 3.32. The molecule has 0 saturated carbocycles. The number of aliphatic hydroxyl groups is 6. The molecule has 0 radical (unpaired) electrons. The van der Waals surface area contributed by atoms with Crippen molar-refractivity contribution in [2.75, 3.05) is 13.4 Å². The molecule has 0 aromatic carbocycles. The van der Waals surface area contributed by atoms with Crippen LogP contribution in [0.3, 0.4) is 0 Å². The predicted molar refractivity (Wildman–Crippen MR) is 201 cm³/mol. The van der Waals surface area contributed by atoms with Gasteiger partial charge in [-0.2, -0.15) is 0 Å². The number of carbonyl (C=O) groups excluding carboxylic acids is 1. The Morgan fingerprint density at radius 2 is 1.10 bits per heavy atom. The van der Waals surface area contributed by atoms with Gasteiger partial charge >= 0.3 is 0 Å². The van der Waals surface area contributed by atoms with Gasteiger partial charge in [0.1, 0.15) is 31.2 Å². The van der Waals surface area contributed by atoms with Gasteiger partial charge in [0.2, 0.25) is 5.91 Å². The van der Waals surface area contributed by atoms with Crippen LogP contribution < -0.4 is 5.32 Å². The van der Waals surface area contributed by atoms with Crippen LogP contribution >= 0.6 is 0 Å². The number of hydrogen-bond acceptors (Lipinski definition) is 10. The summed E-state index contributed by atoms with van der Waals surface area (Å²) in [4.78, 5) is 13.0. The highest BCUT2D eigenvalue weighted by Crippen LogP contribution is 2.23. The Morgan fingerprint density at radius 1 is 0.647 bits per heavy atom. The number of hydrogen-bond donors (Lipinski definition) is 7. The average Bonchev–Trinajstić information content (AvgIpc) is 3.12. The molecule has 8 atom stereocenters. The van der Waals surface area contributed by atoms with Gasteiger partial charge < -0.3 is 50.2 Å². The number of rotatable bonds is 33. The topological polar surface area (TPSA) is 178 Å². The number of carbonyl (C=O) groups is 1. The lowest BCUT2D eigenvalue weighted by atomic mass is 10.0. The molecule has 0 aliphatic carbocycles. The van der Waals surface area contributed by atoms with Crippen molar-refractivity contribution in [1.82, 2.24) is 5.32 Å². The maximum Gasteiger partial charge on any atom is 0.249 e. The molecule has 11 heteroatoms. The first kappa shape index (κ1) is 47.6. The van der Waals surface area contributed by atoms with Crippen LogP contribution in [0.4, 0.5) is 0 Å². The zero-order valence-corrected chi connectivity index (χ0v) is 31.9. The molecule has 300 valence electrons. The van der Waals surface area contributed by atoms with Gasteiger partial charge in [-0.05, 0) is 51.4 Å². The summed E-state index contributed by atoms with van der Waals surface area (Å²) in [6, 6.07) is -0.972. The molecule has 0 bridgehead atoms. The number of allylic oxidation sites excluding steroid dienone is 3. The van der Waals surface area contributed by atoms with E-state index in [4.69, 9.17) is 19.3 Å². The number of nitrogens with one attached hydrogen (secondary N) is 1. The van der Waals surface area contributed by atoms with E-state index in [1.54, 1.807) is 0 Å². The fraction of sp³-hybridized carbons (Fsp3) is 0.875. The number of aliphatic hydroxyl groups excluding tert-OH is 6. The molecular formula is C40H75NO10.